The molecule has 1 aliphatic rings. The number of amides is 2. The van der Waals surface area contributed by atoms with E-state index in [4.69, 9.17) is 4.74 Å². The number of aryl methyl sites for hydroxylation is 1. The first-order chi connectivity index (χ1) is 13.8. The van der Waals surface area contributed by atoms with Crippen molar-refractivity contribution in [2.45, 2.75) is 19.6 Å². The van der Waals surface area contributed by atoms with Gasteiger partial charge in [0.1, 0.15) is 11.6 Å². The minimum absolute atomic E-state index is 0.195. The van der Waals surface area contributed by atoms with Crippen molar-refractivity contribution in [1.29, 1.82) is 0 Å². The van der Waals surface area contributed by atoms with Crippen LogP contribution >= 0.6 is 0 Å². The van der Waals surface area contributed by atoms with Gasteiger partial charge >= 0.3 is 6.03 Å². The Labute approximate surface area is 165 Å². The second-order valence-electron chi connectivity index (χ2n) is 7.07. The van der Waals surface area contributed by atoms with E-state index in [9.17, 15) is 18.4 Å². The largest absolute Gasteiger partial charge is 0.373 e. The van der Waals surface area contributed by atoms with Gasteiger partial charge in [0.05, 0.1) is 24.6 Å². The molecular weight excluding hydrogens is 380 g/mol. The highest BCUT2D eigenvalue weighted by Gasteiger charge is 2.30. The molecule has 8 heteroatoms. The summed E-state index contributed by atoms with van der Waals surface area (Å²) in [6.07, 6.45) is 0. The number of rotatable bonds is 2. The molecule has 2 N–H and O–H groups in total. The van der Waals surface area contributed by atoms with Crippen LogP contribution in [0.3, 0.4) is 0 Å². The van der Waals surface area contributed by atoms with Crippen molar-refractivity contribution in [3.8, 4) is 0 Å². The monoisotopic (exact) mass is 399 g/mol. The number of carbonyl (C=O) groups excluding carboxylic acids is 1. The van der Waals surface area contributed by atoms with Crippen LogP contribution in [0.25, 0.3) is 10.8 Å². The molecular formula is C21H19F2N3O3. The Hall–Kier alpha value is -3.26. The summed E-state index contributed by atoms with van der Waals surface area (Å²) in [6.45, 7) is 2.03. The summed E-state index contributed by atoms with van der Waals surface area (Å²) in [5, 5.41) is 3.54. The van der Waals surface area contributed by atoms with Crippen LogP contribution in [-0.4, -0.2) is 29.6 Å². The van der Waals surface area contributed by atoms with E-state index in [1.54, 1.807) is 26.1 Å². The van der Waals surface area contributed by atoms with Gasteiger partial charge in [-0.1, -0.05) is 6.07 Å². The summed E-state index contributed by atoms with van der Waals surface area (Å²) < 4.78 is 32.7. The van der Waals surface area contributed by atoms with E-state index < -0.39 is 23.4 Å². The first-order valence-corrected chi connectivity index (χ1v) is 9.07. The number of likely N-dealkylation sites (N-methyl/N-ethyl adjacent to an activating group) is 1. The molecule has 1 aliphatic heterocycles. The number of ether oxygens (including phenoxy) is 1. The number of anilines is 1. The molecule has 0 fully saturated rings. The van der Waals surface area contributed by atoms with Crippen molar-refractivity contribution in [1.82, 2.24) is 9.88 Å². The zero-order valence-corrected chi connectivity index (χ0v) is 15.9. The van der Waals surface area contributed by atoms with Crippen LogP contribution in [0.5, 0.6) is 0 Å². The number of fused-ring (bicyclic) bond motifs is 3. The standard InChI is InChI=1S/C21H19F2N3O3/c1-11-7-13(4-6-16(11)23)24-21(28)26(2)18-10-29-9-17-19(18)14-5-3-12(22)8-15(14)20(27)25-17/h3-8,18H,9-10H2,1-2H3,(H,24,28)(H,25,27). The Kier molecular flexibility index (Phi) is 4.79. The zero-order valence-electron chi connectivity index (χ0n) is 15.9. The van der Waals surface area contributed by atoms with E-state index in [0.717, 1.165) is 5.56 Å². The third kappa shape index (κ3) is 3.47. The maximum Gasteiger partial charge on any atom is 0.322 e. The maximum atomic E-state index is 13.7. The van der Waals surface area contributed by atoms with E-state index in [1.807, 2.05) is 0 Å². The molecule has 0 saturated heterocycles. The van der Waals surface area contributed by atoms with Crippen molar-refractivity contribution in [3.05, 3.63) is 75.2 Å². The van der Waals surface area contributed by atoms with Crippen LogP contribution in [0, 0.1) is 18.6 Å². The summed E-state index contributed by atoms with van der Waals surface area (Å²) in [5.41, 5.74) is 1.76. The summed E-state index contributed by atoms with van der Waals surface area (Å²) in [5.74, 6) is -0.863. The number of aromatic amines is 1. The smallest absolute Gasteiger partial charge is 0.322 e. The predicted octanol–water partition coefficient (Wildman–Crippen LogP) is 3.85. The van der Waals surface area contributed by atoms with Crippen molar-refractivity contribution < 1.29 is 18.3 Å². The molecule has 2 heterocycles. The first-order valence-electron chi connectivity index (χ1n) is 9.07. The molecule has 150 valence electrons. The first kappa shape index (κ1) is 19.1. The number of pyridine rings is 1. The molecule has 29 heavy (non-hydrogen) atoms. The lowest BCUT2D eigenvalue weighted by atomic mass is 9.96. The van der Waals surface area contributed by atoms with Crippen LogP contribution in [0.2, 0.25) is 0 Å². The van der Waals surface area contributed by atoms with Gasteiger partial charge < -0.3 is 19.9 Å². The Morgan fingerprint density at radius 3 is 2.76 bits per heavy atom. The molecule has 4 rings (SSSR count). The van der Waals surface area contributed by atoms with Gasteiger partial charge in [-0.2, -0.15) is 0 Å². The van der Waals surface area contributed by atoms with Gasteiger partial charge in [0, 0.05) is 24.0 Å². The molecule has 0 saturated carbocycles. The second-order valence-corrected chi connectivity index (χ2v) is 7.07. The molecule has 0 radical (unpaired) electrons. The van der Waals surface area contributed by atoms with Gasteiger partial charge in [-0.25, -0.2) is 13.6 Å². The van der Waals surface area contributed by atoms with Crippen molar-refractivity contribution in [2.75, 3.05) is 19.0 Å². The number of nitrogens with one attached hydrogen (secondary N) is 2. The van der Waals surface area contributed by atoms with Gasteiger partial charge in [-0.3, -0.25) is 4.79 Å². The Balaban J connectivity index is 1.70. The number of hydrogen-bond acceptors (Lipinski definition) is 3. The number of H-pyrrole nitrogens is 1. The predicted molar refractivity (Wildman–Crippen MR) is 105 cm³/mol. The number of benzene rings is 2. The Morgan fingerprint density at radius 2 is 2.00 bits per heavy atom. The quantitative estimate of drug-likeness (QED) is 0.687. The summed E-state index contributed by atoms with van der Waals surface area (Å²) in [4.78, 5) is 29.3. The number of carbonyl (C=O) groups is 1. The molecule has 1 atom stereocenters. The fourth-order valence-electron chi connectivity index (χ4n) is 3.60. The van der Waals surface area contributed by atoms with Gasteiger partial charge in [-0.15, -0.1) is 0 Å². The number of aromatic nitrogens is 1. The van der Waals surface area contributed by atoms with E-state index >= 15 is 0 Å². The zero-order chi connectivity index (χ0) is 20.7. The van der Waals surface area contributed by atoms with Gasteiger partial charge in [0.25, 0.3) is 5.56 Å². The SMILES string of the molecule is Cc1cc(NC(=O)N(C)C2COCc3[nH]c(=O)c4cc(F)ccc4c32)ccc1F. The molecule has 1 unspecified atom stereocenters. The highest BCUT2D eigenvalue weighted by molar-refractivity contribution is 5.91. The molecule has 0 aliphatic carbocycles. The maximum absolute atomic E-state index is 13.7. The second kappa shape index (κ2) is 7.29. The minimum Gasteiger partial charge on any atom is -0.373 e. The van der Waals surface area contributed by atoms with Crippen LogP contribution < -0.4 is 10.9 Å². The summed E-state index contributed by atoms with van der Waals surface area (Å²) >= 11 is 0. The van der Waals surface area contributed by atoms with Crippen LogP contribution in [0.15, 0.2) is 41.2 Å². The van der Waals surface area contributed by atoms with Gasteiger partial charge in [0.15, 0.2) is 0 Å². The third-order valence-corrected chi connectivity index (χ3v) is 5.16. The summed E-state index contributed by atoms with van der Waals surface area (Å²) in [7, 11) is 1.61. The van der Waals surface area contributed by atoms with Crippen LogP contribution in [0.4, 0.5) is 19.3 Å². The Morgan fingerprint density at radius 1 is 1.21 bits per heavy atom. The van der Waals surface area contributed by atoms with Crippen molar-refractivity contribution >= 4 is 22.5 Å². The molecule has 0 bridgehead atoms. The number of urea groups is 1. The van der Waals surface area contributed by atoms with E-state index in [0.29, 0.717) is 22.3 Å². The number of nitrogens with zero attached hydrogens (tertiary/aromatic N) is 1. The molecule has 3 aromatic rings. The lowest BCUT2D eigenvalue weighted by molar-refractivity contribution is 0.0527. The van der Waals surface area contributed by atoms with E-state index in [1.165, 1.54) is 29.2 Å². The van der Waals surface area contributed by atoms with E-state index in [-0.39, 0.29) is 24.4 Å². The molecule has 2 aromatic carbocycles. The highest BCUT2D eigenvalue weighted by Crippen LogP contribution is 2.33. The molecule has 6 nitrogen and oxygen atoms in total. The van der Waals surface area contributed by atoms with Crippen molar-refractivity contribution in [2.24, 2.45) is 0 Å². The van der Waals surface area contributed by atoms with Crippen molar-refractivity contribution in [3.63, 3.8) is 0 Å². The molecule has 0 spiro atoms. The number of hydrogen-bond donors (Lipinski definition) is 2. The van der Waals surface area contributed by atoms with Gasteiger partial charge in [-0.05, 0) is 48.2 Å². The third-order valence-electron chi connectivity index (χ3n) is 5.16. The topological polar surface area (TPSA) is 74.4 Å². The normalized spacial score (nSPS) is 15.8. The van der Waals surface area contributed by atoms with Gasteiger partial charge in [0.2, 0.25) is 0 Å². The lowest BCUT2D eigenvalue weighted by Gasteiger charge is -2.33. The molecule has 1 aromatic heterocycles. The minimum atomic E-state index is -0.510. The average Bonchev–Trinajstić information content (AvgIpc) is 2.70. The summed E-state index contributed by atoms with van der Waals surface area (Å²) in [6, 6.07) is 7.42. The number of halogens is 2. The fraction of sp³-hybridized carbons (Fsp3) is 0.238. The van der Waals surface area contributed by atoms with Crippen LogP contribution in [-0.2, 0) is 11.3 Å². The average molecular weight is 399 g/mol. The lowest BCUT2D eigenvalue weighted by Crippen LogP contribution is -2.39. The van der Waals surface area contributed by atoms with Crippen LogP contribution in [0.1, 0.15) is 22.9 Å². The fourth-order valence-corrected chi connectivity index (χ4v) is 3.60. The van der Waals surface area contributed by atoms with E-state index in [2.05, 4.69) is 10.3 Å². The highest BCUT2D eigenvalue weighted by atomic mass is 19.1. The Bertz CT molecular complexity index is 1180. The molecule has 2 amide bonds.